The fourth-order valence-electron chi connectivity index (χ4n) is 2.89. The van der Waals surface area contributed by atoms with E-state index in [1.165, 1.54) is 24.3 Å². The summed E-state index contributed by atoms with van der Waals surface area (Å²) in [5, 5.41) is 13.4. The number of fused-ring (bicyclic) bond motifs is 1. The van der Waals surface area contributed by atoms with Crippen molar-refractivity contribution >= 4 is 59.1 Å². The number of amides is 1. The second-order valence-electron chi connectivity index (χ2n) is 7.49. The van der Waals surface area contributed by atoms with Crippen LogP contribution in [0.1, 0.15) is 26.3 Å². The molecule has 178 valence electrons. The lowest BCUT2D eigenvalue weighted by Gasteiger charge is -2.20. The number of hydrogen-bond donors (Lipinski definition) is 1. The van der Waals surface area contributed by atoms with Gasteiger partial charge in [0.1, 0.15) is 0 Å². The molecule has 0 fully saturated rings. The number of benzene rings is 1. The summed E-state index contributed by atoms with van der Waals surface area (Å²) in [6.45, 7) is 5.46. The lowest BCUT2D eigenvalue weighted by Crippen LogP contribution is -2.35. The summed E-state index contributed by atoms with van der Waals surface area (Å²) >= 11 is 0.731. The highest BCUT2D eigenvalue weighted by molar-refractivity contribution is 8.42. The van der Waals surface area contributed by atoms with Crippen molar-refractivity contribution in [1.82, 2.24) is 5.01 Å². The normalized spacial score (nSPS) is 17.8. The van der Waals surface area contributed by atoms with Crippen LogP contribution in [0.25, 0.3) is 6.08 Å². The third-order valence-electron chi connectivity index (χ3n) is 4.07. The fraction of sp³-hybridized carbons (Fsp3) is 0.368. The van der Waals surface area contributed by atoms with Crippen molar-refractivity contribution in [1.29, 1.82) is 5.41 Å². The van der Waals surface area contributed by atoms with Crippen molar-refractivity contribution in [3.05, 3.63) is 29.3 Å². The third kappa shape index (κ3) is 5.81. The summed E-state index contributed by atoms with van der Waals surface area (Å²) in [7, 11) is -7.47. The number of nitrogens with zero attached hydrogens (tertiary/aromatic N) is 3. The van der Waals surface area contributed by atoms with Crippen LogP contribution in [0.15, 0.2) is 33.9 Å². The quantitative estimate of drug-likeness (QED) is 0.425. The second kappa shape index (κ2) is 9.27. The highest BCUT2D eigenvalue weighted by atomic mass is 32.3. The monoisotopic (exact) mass is 514 g/mol. The molecule has 0 saturated carbocycles. The first kappa shape index (κ1) is 24.9. The van der Waals surface area contributed by atoms with Crippen molar-refractivity contribution in [3.8, 4) is 11.5 Å². The highest BCUT2D eigenvalue weighted by Gasteiger charge is 2.39. The highest BCUT2D eigenvalue weighted by Crippen LogP contribution is 2.33. The van der Waals surface area contributed by atoms with E-state index in [9.17, 15) is 21.6 Å². The minimum Gasteiger partial charge on any atom is -0.490 e. The summed E-state index contributed by atoms with van der Waals surface area (Å²) in [6.07, 6.45) is 2.26. The molecule has 11 nitrogen and oxygen atoms in total. The molecule has 0 unspecified atom stereocenters. The van der Waals surface area contributed by atoms with E-state index in [-0.39, 0.29) is 50.7 Å². The fourth-order valence-corrected chi connectivity index (χ4v) is 6.14. The zero-order valence-electron chi connectivity index (χ0n) is 18.2. The molecule has 2 heterocycles. The van der Waals surface area contributed by atoms with E-state index in [1.807, 2.05) is 0 Å². The van der Waals surface area contributed by atoms with E-state index in [1.54, 1.807) is 20.8 Å². The van der Waals surface area contributed by atoms with Gasteiger partial charge in [-0.25, -0.2) is 8.42 Å². The minimum atomic E-state index is -3.78. The van der Waals surface area contributed by atoms with E-state index in [2.05, 4.69) is 10.1 Å². The van der Waals surface area contributed by atoms with Crippen LogP contribution < -0.4 is 8.92 Å². The Hall–Kier alpha value is -2.71. The maximum absolute atomic E-state index is 12.6. The van der Waals surface area contributed by atoms with Gasteiger partial charge in [0.15, 0.2) is 17.3 Å². The molecule has 0 bridgehead atoms. The van der Waals surface area contributed by atoms with Crippen LogP contribution in [-0.4, -0.2) is 61.7 Å². The molecular weight excluding hydrogens is 492 g/mol. The SMILES string of the molecule is CCOc1cc(/C=C2\C(=N)N3N=C(S(=O)(=O)CC(C)C)SC3=NC2=O)ccc1OS(C)(=O)=O. The molecule has 1 amide bonds. The molecule has 1 aromatic rings. The first-order valence-corrected chi connectivity index (χ1v) is 14.0. The molecule has 0 saturated heterocycles. The zero-order valence-corrected chi connectivity index (χ0v) is 20.7. The molecule has 33 heavy (non-hydrogen) atoms. The third-order valence-corrected chi connectivity index (χ3v) is 7.99. The Kier molecular flexibility index (Phi) is 7.00. The largest absolute Gasteiger partial charge is 0.490 e. The zero-order chi connectivity index (χ0) is 24.6. The Morgan fingerprint density at radius 2 is 1.91 bits per heavy atom. The first-order valence-electron chi connectivity index (χ1n) is 9.70. The molecule has 3 rings (SSSR count). The predicted octanol–water partition coefficient (Wildman–Crippen LogP) is 2.07. The van der Waals surface area contributed by atoms with E-state index < -0.39 is 25.9 Å². The lowest BCUT2D eigenvalue weighted by molar-refractivity contribution is -0.114. The number of rotatable bonds is 7. The Bertz CT molecular complexity index is 1310. The predicted molar refractivity (Wildman–Crippen MR) is 127 cm³/mol. The van der Waals surface area contributed by atoms with Gasteiger partial charge in [-0.15, -0.1) is 5.10 Å². The van der Waals surface area contributed by atoms with Crippen LogP contribution in [0.5, 0.6) is 11.5 Å². The molecule has 0 spiro atoms. The molecule has 0 aliphatic carbocycles. The van der Waals surface area contributed by atoms with Crippen molar-refractivity contribution < 1.29 is 30.6 Å². The number of ether oxygens (including phenoxy) is 1. The molecular formula is C19H22N4O7S3. The average Bonchev–Trinajstić information content (AvgIpc) is 3.10. The van der Waals surface area contributed by atoms with E-state index in [0.29, 0.717) is 5.56 Å². The summed E-state index contributed by atoms with van der Waals surface area (Å²) < 4.78 is 58.1. The van der Waals surface area contributed by atoms with Gasteiger partial charge in [-0.05, 0) is 48.4 Å². The Balaban J connectivity index is 1.95. The maximum Gasteiger partial charge on any atom is 0.306 e. The summed E-state index contributed by atoms with van der Waals surface area (Å²) in [4.78, 5) is 16.5. The molecule has 2 aliphatic heterocycles. The van der Waals surface area contributed by atoms with Gasteiger partial charge in [0, 0.05) is 0 Å². The van der Waals surface area contributed by atoms with Gasteiger partial charge in [-0.1, -0.05) is 19.9 Å². The number of hydrazone groups is 1. The first-order chi connectivity index (χ1) is 15.3. The standard InChI is InChI=1S/C19H22N4O7S3/c1-5-29-15-9-12(6-7-14(15)30-32(4,25)26)8-13-16(20)23-18(21-17(13)24)31-19(22-23)33(27,28)10-11(2)3/h6-9,11,20H,5,10H2,1-4H3/b13-8+,20-16?. The molecule has 2 aliphatic rings. The Morgan fingerprint density at radius 1 is 1.21 bits per heavy atom. The average molecular weight is 515 g/mol. The Labute approximate surface area is 196 Å². The number of aliphatic imine (C=N–C) groups is 1. The molecule has 1 aromatic carbocycles. The second-order valence-corrected chi connectivity index (χ2v) is 12.2. The summed E-state index contributed by atoms with van der Waals surface area (Å²) in [6, 6.07) is 4.30. The van der Waals surface area contributed by atoms with Gasteiger partial charge in [0.2, 0.25) is 19.4 Å². The molecule has 14 heteroatoms. The Morgan fingerprint density at radius 3 is 2.52 bits per heavy atom. The van der Waals surface area contributed by atoms with Crippen molar-refractivity contribution in [2.45, 2.75) is 20.8 Å². The lowest BCUT2D eigenvalue weighted by atomic mass is 10.1. The maximum atomic E-state index is 12.6. The molecule has 0 aromatic heterocycles. The van der Waals surface area contributed by atoms with Crippen molar-refractivity contribution in [2.75, 3.05) is 18.6 Å². The smallest absolute Gasteiger partial charge is 0.306 e. The van der Waals surface area contributed by atoms with E-state index in [4.69, 9.17) is 14.3 Å². The number of hydrogen-bond acceptors (Lipinski definition) is 10. The number of thioether (sulfide) groups is 1. The number of carbonyl (C=O) groups excluding carboxylic acids is 1. The van der Waals surface area contributed by atoms with Gasteiger partial charge in [0.05, 0.1) is 24.2 Å². The van der Waals surface area contributed by atoms with Gasteiger partial charge >= 0.3 is 10.1 Å². The molecule has 0 atom stereocenters. The minimum absolute atomic E-state index is 0.00335. The van der Waals surface area contributed by atoms with Gasteiger partial charge in [0.25, 0.3) is 5.91 Å². The van der Waals surface area contributed by atoms with Gasteiger partial charge < -0.3 is 8.92 Å². The summed E-state index contributed by atoms with van der Waals surface area (Å²) in [5.74, 6) is -1.19. The van der Waals surface area contributed by atoms with Crippen molar-refractivity contribution in [2.24, 2.45) is 16.0 Å². The van der Waals surface area contributed by atoms with Crippen LogP contribution in [0.3, 0.4) is 0 Å². The van der Waals surface area contributed by atoms with E-state index in [0.717, 1.165) is 23.0 Å². The van der Waals surface area contributed by atoms with Crippen molar-refractivity contribution in [3.63, 3.8) is 0 Å². The number of carbonyl (C=O) groups is 1. The van der Waals surface area contributed by atoms with Crippen LogP contribution >= 0.6 is 11.8 Å². The van der Waals surface area contributed by atoms with E-state index >= 15 is 0 Å². The number of sulfone groups is 1. The van der Waals surface area contributed by atoms with Crippen LogP contribution in [-0.2, 0) is 24.7 Å². The molecule has 1 N–H and O–H groups in total. The van der Waals surface area contributed by atoms with Crippen LogP contribution in [0.2, 0.25) is 0 Å². The van der Waals surface area contributed by atoms with Crippen LogP contribution in [0, 0.1) is 11.3 Å². The topological polar surface area (TPSA) is 156 Å². The van der Waals surface area contributed by atoms with Gasteiger partial charge in [-0.3, -0.25) is 10.2 Å². The number of nitrogens with one attached hydrogen (secondary N) is 1. The number of amidine groups is 2. The summed E-state index contributed by atoms with van der Waals surface area (Å²) in [5.41, 5.74) is 0.291. The van der Waals surface area contributed by atoms with Crippen LogP contribution in [0.4, 0.5) is 0 Å². The van der Waals surface area contributed by atoms with Gasteiger partial charge in [-0.2, -0.15) is 18.4 Å². The molecule has 0 radical (unpaired) electrons.